The van der Waals surface area contributed by atoms with Crippen molar-refractivity contribution in [2.45, 2.75) is 19.0 Å². The lowest BCUT2D eigenvalue weighted by molar-refractivity contribution is 0.546. The fraction of sp³-hybridized carbons (Fsp3) is 0.455. The van der Waals surface area contributed by atoms with Gasteiger partial charge in [0.05, 0.1) is 0 Å². The summed E-state index contributed by atoms with van der Waals surface area (Å²) in [7, 11) is 0. The average Bonchev–Trinajstić information content (AvgIpc) is 2.69. The minimum Gasteiger partial charge on any atom is -0.315 e. The zero-order chi connectivity index (χ0) is 10.7. The smallest absolute Gasteiger partial charge is 0.0417 e. The van der Waals surface area contributed by atoms with E-state index in [-0.39, 0.29) is 0 Å². The lowest BCUT2D eigenvalue weighted by Gasteiger charge is -2.12. The summed E-state index contributed by atoms with van der Waals surface area (Å²) in [4.78, 5) is 0. The Morgan fingerprint density at radius 3 is 3.07 bits per heavy atom. The van der Waals surface area contributed by atoms with Crippen molar-refractivity contribution in [2.75, 3.05) is 13.1 Å². The van der Waals surface area contributed by atoms with Crippen LogP contribution in [0.15, 0.2) is 22.7 Å². The van der Waals surface area contributed by atoms with Crippen LogP contribution in [0.4, 0.5) is 0 Å². The zero-order valence-electron chi connectivity index (χ0n) is 8.39. The molecule has 1 saturated heterocycles. The van der Waals surface area contributed by atoms with Crippen molar-refractivity contribution in [3.8, 4) is 0 Å². The molecule has 4 heteroatoms. The van der Waals surface area contributed by atoms with Crippen LogP contribution >= 0.6 is 27.5 Å². The number of halogens is 2. The van der Waals surface area contributed by atoms with Gasteiger partial charge in [-0.1, -0.05) is 33.6 Å². The van der Waals surface area contributed by atoms with E-state index in [1.807, 2.05) is 12.1 Å². The van der Waals surface area contributed by atoms with Crippen molar-refractivity contribution in [1.82, 2.24) is 10.6 Å². The van der Waals surface area contributed by atoms with E-state index in [0.717, 1.165) is 29.1 Å². The highest BCUT2D eigenvalue weighted by Crippen LogP contribution is 2.21. The second-order valence-electron chi connectivity index (χ2n) is 3.81. The quantitative estimate of drug-likeness (QED) is 0.894. The van der Waals surface area contributed by atoms with Gasteiger partial charge in [-0.05, 0) is 30.7 Å². The molecular weight excluding hydrogens is 275 g/mol. The van der Waals surface area contributed by atoms with E-state index < -0.39 is 0 Å². The van der Waals surface area contributed by atoms with Crippen LogP contribution in [-0.2, 0) is 6.54 Å². The van der Waals surface area contributed by atoms with Gasteiger partial charge in [0.25, 0.3) is 0 Å². The summed E-state index contributed by atoms with van der Waals surface area (Å²) in [6.45, 7) is 3.09. The Kier molecular flexibility index (Phi) is 4.03. The summed E-state index contributed by atoms with van der Waals surface area (Å²) in [6, 6.07) is 6.52. The van der Waals surface area contributed by atoms with Gasteiger partial charge >= 0.3 is 0 Å². The number of hydrogen-bond acceptors (Lipinski definition) is 2. The van der Waals surface area contributed by atoms with Crippen molar-refractivity contribution in [3.05, 3.63) is 33.3 Å². The minimum absolute atomic E-state index is 0.604. The molecule has 1 heterocycles. The first-order chi connectivity index (χ1) is 7.25. The molecule has 1 aromatic rings. The van der Waals surface area contributed by atoms with Gasteiger partial charge in [-0.2, -0.15) is 0 Å². The standard InChI is InChI=1S/C11H14BrClN2/c12-11-5-9(13)2-1-8(11)6-15-10-3-4-14-7-10/h1-2,5,10,14-15H,3-4,6-7H2. The van der Waals surface area contributed by atoms with Crippen LogP contribution in [0.3, 0.4) is 0 Å². The van der Waals surface area contributed by atoms with E-state index in [1.54, 1.807) is 0 Å². The summed E-state index contributed by atoms with van der Waals surface area (Å²) in [6.07, 6.45) is 1.21. The van der Waals surface area contributed by atoms with Crippen LogP contribution in [0.5, 0.6) is 0 Å². The summed E-state index contributed by atoms with van der Waals surface area (Å²) < 4.78 is 1.08. The molecule has 0 aromatic heterocycles. The third-order valence-corrected chi connectivity index (χ3v) is 3.63. The fourth-order valence-corrected chi connectivity index (χ4v) is 2.57. The Bertz CT molecular complexity index is 337. The molecule has 2 N–H and O–H groups in total. The maximum absolute atomic E-state index is 5.88. The predicted octanol–water partition coefficient (Wildman–Crippen LogP) is 2.55. The van der Waals surface area contributed by atoms with Crippen LogP contribution in [0.2, 0.25) is 5.02 Å². The number of hydrogen-bond donors (Lipinski definition) is 2. The van der Waals surface area contributed by atoms with Crippen molar-refractivity contribution < 1.29 is 0 Å². The normalized spacial score (nSPS) is 20.8. The Hall–Kier alpha value is -0.0900. The Morgan fingerprint density at radius 1 is 1.53 bits per heavy atom. The highest BCUT2D eigenvalue weighted by Gasteiger charge is 2.13. The Balaban J connectivity index is 1.92. The molecule has 0 spiro atoms. The lowest BCUT2D eigenvalue weighted by Crippen LogP contribution is -2.30. The SMILES string of the molecule is Clc1ccc(CNC2CCNC2)c(Br)c1. The predicted molar refractivity (Wildman–Crippen MR) is 67.3 cm³/mol. The first-order valence-electron chi connectivity index (χ1n) is 5.14. The fourth-order valence-electron chi connectivity index (χ4n) is 1.75. The van der Waals surface area contributed by atoms with Crippen molar-refractivity contribution in [3.63, 3.8) is 0 Å². The van der Waals surface area contributed by atoms with E-state index in [9.17, 15) is 0 Å². The van der Waals surface area contributed by atoms with Gasteiger partial charge in [0.15, 0.2) is 0 Å². The monoisotopic (exact) mass is 288 g/mol. The first-order valence-corrected chi connectivity index (χ1v) is 6.31. The van der Waals surface area contributed by atoms with E-state index >= 15 is 0 Å². The Morgan fingerprint density at radius 2 is 2.40 bits per heavy atom. The van der Waals surface area contributed by atoms with E-state index in [4.69, 9.17) is 11.6 Å². The largest absolute Gasteiger partial charge is 0.315 e. The van der Waals surface area contributed by atoms with E-state index in [2.05, 4.69) is 32.6 Å². The topological polar surface area (TPSA) is 24.1 Å². The average molecular weight is 290 g/mol. The zero-order valence-corrected chi connectivity index (χ0v) is 10.7. The molecule has 1 aromatic carbocycles. The summed E-state index contributed by atoms with van der Waals surface area (Å²) in [5.41, 5.74) is 1.26. The summed E-state index contributed by atoms with van der Waals surface area (Å²) >= 11 is 9.40. The summed E-state index contributed by atoms with van der Waals surface area (Å²) in [5, 5.41) is 7.63. The highest BCUT2D eigenvalue weighted by molar-refractivity contribution is 9.10. The van der Waals surface area contributed by atoms with Gasteiger partial charge in [0.1, 0.15) is 0 Å². The highest BCUT2D eigenvalue weighted by atomic mass is 79.9. The van der Waals surface area contributed by atoms with Crippen molar-refractivity contribution in [1.29, 1.82) is 0 Å². The van der Waals surface area contributed by atoms with Gasteiger partial charge in [0, 0.05) is 28.6 Å². The third-order valence-electron chi connectivity index (χ3n) is 2.66. The maximum atomic E-state index is 5.88. The van der Waals surface area contributed by atoms with Gasteiger partial charge in [-0.25, -0.2) is 0 Å². The molecule has 0 radical (unpaired) electrons. The molecule has 1 aliphatic heterocycles. The van der Waals surface area contributed by atoms with Crippen LogP contribution < -0.4 is 10.6 Å². The van der Waals surface area contributed by atoms with Gasteiger partial charge in [0.2, 0.25) is 0 Å². The molecule has 2 nitrogen and oxygen atoms in total. The summed E-state index contributed by atoms with van der Waals surface area (Å²) in [5.74, 6) is 0. The molecule has 0 saturated carbocycles. The van der Waals surface area contributed by atoms with E-state index in [0.29, 0.717) is 6.04 Å². The molecule has 2 rings (SSSR count). The van der Waals surface area contributed by atoms with Crippen LogP contribution in [0.1, 0.15) is 12.0 Å². The maximum Gasteiger partial charge on any atom is 0.0417 e. The van der Waals surface area contributed by atoms with Gasteiger partial charge in [-0.3, -0.25) is 0 Å². The Labute approximate surface area is 104 Å². The van der Waals surface area contributed by atoms with Crippen LogP contribution in [0, 0.1) is 0 Å². The molecule has 1 atom stereocenters. The first kappa shape index (κ1) is 11.4. The molecule has 82 valence electrons. The molecule has 15 heavy (non-hydrogen) atoms. The second kappa shape index (κ2) is 5.30. The second-order valence-corrected chi connectivity index (χ2v) is 5.10. The minimum atomic E-state index is 0.604. The van der Waals surface area contributed by atoms with Crippen LogP contribution in [0.25, 0.3) is 0 Å². The number of benzene rings is 1. The molecule has 0 aliphatic carbocycles. The molecular formula is C11H14BrClN2. The molecule has 0 amide bonds. The van der Waals surface area contributed by atoms with Crippen molar-refractivity contribution in [2.24, 2.45) is 0 Å². The molecule has 1 aliphatic rings. The van der Waals surface area contributed by atoms with Crippen molar-refractivity contribution >= 4 is 27.5 Å². The number of nitrogens with one attached hydrogen (secondary N) is 2. The molecule has 0 bridgehead atoms. The lowest BCUT2D eigenvalue weighted by atomic mass is 10.2. The van der Waals surface area contributed by atoms with Crippen LogP contribution in [-0.4, -0.2) is 19.1 Å². The number of rotatable bonds is 3. The van der Waals surface area contributed by atoms with Gasteiger partial charge < -0.3 is 10.6 Å². The third kappa shape index (κ3) is 3.18. The van der Waals surface area contributed by atoms with Gasteiger partial charge in [-0.15, -0.1) is 0 Å². The van der Waals surface area contributed by atoms with E-state index in [1.165, 1.54) is 12.0 Å². The molecule has 1 fully saturated rings. The molecule has 1 unspecified atom stereocenters.